The lowest BCUT2D eigenvalue weighted by Crippen LogP contribution is -2.27. The Kier molecular flexibility index (Phi) is 3.61. The van der Waals surface area contributed by atoms with E-state index in [0.29, 0.717) is 6.04 Å². The van der Waals surface area contributed by atoms with Crippen molar-refractivity contribution in [2.45, 2.75) is 25.8 Å². The maximum Gasteiger partial charge on any atom is 0.119 e. The molecule has 0 aliphatic heterocycles. The summed E-state index contributed by atoms with van der Waals surface area (Å²) in [4.78, 5) is 0. The molecule has 0 amide bonds. The van der Waals surface area contributed by atoms with Crippen LogP contribution >= 0.6 is 0 Å². The van der Waals surface area contributed by atoms with Gasteiger partial charge in [0.15, 0.2) is 0 Å². The van der Waals surface area contributed by atoms with Crippen LogP contribution in [0.4, 0.5) is 0 Å². The lowest BCUT2D eigenvalue weighted by Gasteiger charge is -2.22. The molecular formula is C17H23NO. The smallest absolute Gasteiger partial charge is 0.119 e. The number of nitrogens with one attached hydrogen (secondary N) is 1. The highest BCUT2D eigenvalue weighted by molar-refractivity contribution is 5.30. The van der Waals surface area contributed by atoms with Gasteiger partial charge in [0, 0.05) is 6.04 Å². The van der Waals surface area contributed by atoms with Gasteiger partial charge < -0.3 is 10.1 Å². The highest BCUT2D eigenvalue weighted by atomic mass is 16.5. The summed E-state index contributed by atoms with van der Waals surface area (Å²) in [6, 6.07) is 8.74. The highest BCUT2D eigenvalue weighted by Crippen LogP contribution is 2.43. The summed E-state index contributed by atoms with van der Waals surface area (Å²) < 4.78 is 5.29. The number of methoxy groups -OCH3 is 1. The van der Waals surface area contributed by atoms with Gasteiger partial charge >= 0.3 is 0 Å². The molecule has 2 aliphatic rings. The van der Waals surface area contributed by atoms with Crippen LogP contribution in [0.3, 0.4) is 0 Å². The van der Waals surface area contributed by atoms with Crippen molar-refractivity contribution in [2.24, 2.45) is 17.8 Å². The number of hydrogen-bond acceptors (Lipinski definition) is 2. The molecule has 0 aromatic heterocycles. The molecule has 0 spiro atoms. The van der Waals surface area contributed by atoms with E-state index in [9.17, 15) is 0 Å². The van der Waals surface area contributed by atoms with E-state index in [2.05, 4.69) is 42.6 Å². The number of hydrogen-bond donors (Lipinski definition) is 1. The summed E-state index contributed by atoms with van der Waals surface area (Å²) in [7, 11) is 1.72. The van der Waals surface area contributed by atoms with Crippen LogP contribution < -0.4 is 10.1 Å². The first kappa shape index (κ1) is 12.7. The third-order valence-corrected chi connectivity index (χ3v) is 4.70. The zero-order valence-corrected chi connectivity index (χ0v) is 11.8. The molecule has 2 nitrogen and oxygen atoms in total. The van der Waals surface area contributed by atoms with Gasteiger partial charge in [-0.25, -0.2) is 0 Å². The van der Waals surface area contributed by atoms with Crippen LogP contribution in [0.1, 0.15) is 31.4 Å². The quantitative estimate of drug-likeness (QED) is 0.814. The van der Waals surface area contributed by atoms with E-state index in [0.717, 1.165) is 30.0 Å². The number of rotatable bonds is 5. The normalized spacial score (nSPS) is 29.7. The minimum absolute atomic E-state index is 0.387. The van der Waals surface area contributed by atoms with Gasteiger partial charge in [0.05, 0.1) is 7.11 Å². The van der Waals surface area contributed by atoms with E-state index in [-0.39, 0.29) is 0 Å². The molecule has 1 saturated carbocycles. The van der Waals surface area contributed by atoms with Gasteiger partial charge in [-0.05, 0) is 61.8 Å². The zero-order chi connectivity index (χ0) is 13.2. The monoisotopic (exact) mass is 257 g/mol. The van der Waals surface area contributed by atoms with Gasteiger partial charge in [0.1, 0.15) is 5.75 Å². The van der Waals surface area contributed by atoms with Gasteiger partial charge in [0.25, 0.3) is 0 Å². The third-order valence-electron chi connectivity index (χ3n) is 4.70. The van der Waals surface area contributed by atoms with Crippen molar-refractivity contribution in [3.05, 3.63) is 42.0 Å². The second-order valence-electron chi connectivity index (χ2n) is 5.95. The van der Waals surface area contributed by atoms with Crippen LogP contribution in [0.15, 0.2) is 36.4 Å². The maximum atomic E-state index is 5.29. The fraction of sp³-hybridized carbons (Fsp3) is 0.529. The lowest BCUT2D eigenvalue weighted by molar-refractivity contribution is 0.391. The van der Waals surface area contributed by atoms with Crippen LogP contribution in [-0.2, 0) is 0 Å². The zero-order valence-electron chi connectivity index (χ0n) is 11.8. The Hall–Kier alpha value is -1.28. The first-order chi connectivity index (χ1) is 9.26. The van der Waals surface area contributed by atoms with Crippen LogP contribution in [0.2, 0.25) is 0 Å². The first-order valence-electron chi connectivity index (χ1n) is 7.32. The predicted octanol–water partition coefficient (Wildman–Crippen LogP) is 3.56. The third kappa shape index (κ3) is 2.69. The molecular weight excluding hydrogens is 234 g/mol. The van der Waals surface area contributed by atoms with Crippen molar-refractivity contribution in [3.63, 3.8) is 0 Å². The molecule has 1 fully saturated rings. The van der Waals surface area contributed by atoms with Gasteiger partial charge in [0.2, 0.25) is 0 Å². The average molecular weight is 257 g/mol. The van der Waals surface area contributed by atoms with Crippen molar-refractivity contribution in [3.8, 4) is 5.75 Å². The summed E-state index contributed by atoms with van der Waals surface area (Å²) in [5.41, 5.74) is 1.30. The van der Waals surface area contributed by atoms with Crippen molar-refractivity contribution in [1.29, 1.82) is 0 Å². The lowest BCUT2D eigenvalue weighted by atomic mass is 9.93. The van der Waals surface area contributed by atoms with Crippen LogP contribution in [0.25, 0.3) is 0 Å². The van der Waals surface area contributed by atoms with Crippen molar-refractivity contribution < 1.29 is 4.74 Å². The molecule has 1 aromatic carbocycles. The van der Waals surface area contributed by atoms with Gasteiger partial charge in [-0.15, -0.1) is 0 Å². The molecule has 19 heavy (non-hydrogen) atoms. The number of fused-ring (bicyclic) bond motifs is 2. The van der Waals surface area contributed by atoms with E-state index in [1.165, 1.54) is 18.4 Å². The first-order valence-corrected chi connectivity index (χ1v) is 7.32. The Morgan fingerprint density at radius 2 is 2.21 bits per heavy atom. The van der Waals surface area contributed by atoms with Crippen LogP contribution in [0.5, 0.6) is 5.75 Å². The Balaban J connectivity index is 1.56. The molecule has 4 unspecified atom stereocenters. The average Bonchev–Trinajstić information content (AvgIpc) is 3.07. The molecule has 1 aromatic rings. The van der Waals surface area contributed by atoms with E-state index in [4.69, 9.17) is 4.74 Å². The number of ether oxygens (including phenoxy) is 1. The molecule has 0 saturated heterocycles. The summed E-state index contributed by atoms with van der Waals surface area (Å²) in [5.74, 6) is 3.47. The van der Waals surface area contributed by atoms with Crippen LogP contribution in [0, 0.1) is 17.8 Å². The van der Waals surface area contributed by atoms with Gasteiger partial charge in [-0.2, -0.15) is 0 Å². The largest absolute Gasteiger partial charge is 0.497 e. The molecule has 2 heteroatoms. The van der Waals surface area contributed by atoms with Crippen molar-refractivity contribution >= 4 is 0 Å². The molecule has 0 radical (unpaired) electrons. The highest BCUT2D eigenvalue weighted by Gasteiger charge is 2.35. The van der Waals surface area contributed by atoms with E-state index < -0.39 is 0 Å². The molecule has 102 valence electrons. The van der Waals surface area contributed by atoms with E-state index >= 15 is 0 Å². The number of benzene rings is 1. The topological polar surface area (TPSA) is 21.3 Å². The fourth-order valence-electron chi connectivity index (χ4n) is 3.49. The summed E-state index contributed by atoms with van der Waals surface area (Å²) in [5, 5.41) is 3.69. The van der Waals surface area contributed by atoms with Gasteiger partial charge in [-0.3, -0.25) is 0 Å². The summed E-state index contributed by atoms with van der Waals surface area (Å²) in [6.07, 6.45) is 7.60. The molecule has 2 aliphatic carbocycles. The maximum absolute atomic E-state index is 5.29. The molecule has 1 N–H and O–H groups in total. The second-order valence-corrected chi connectivity index (χ2v) is 5.95. The van der Waals surface area contributed by atoms with Crippen molar-refractivity contribution in [1.82, 2.24) is 5.32 Å². The van der Waals surface area contributed by atoms with Gasteiger partial charge in [-0.1, -0.05) is 24.3 Å². The molecule has 4 atom stereocenters. The standard InChI is InChI=1S/C17H23NO/c1-12(14-4-3-5-17(10-14)19-2)18-11-16-9-13-6-7-15(16)8-13/h3-7,10,12-13,15-16,18H,8-9,11H2,1-2H3. The van der Waals surface area contributed by atoms with E-state index in [1.807, 2.05) is 6.07 Å². The molecule has 0 heterocycles. The second kappa shape index (κ2) is 5.38. The Morgan fingerprint density at radius 3 is 2.89 bits per heavy atom. The van der Waals surface area contributed by atoms with E-state index in [1.54, 1.807) is 7.11 Å². The summed E-state index contributed by atoms with van der Waals surface area (Å²) in [6.45, 7) is 3.36. The Labute approximate surface area is 115 Å². The summed E-state index contributed by atoms with van der Waals surface area (Å²) >= 11 is 0. The minimum atomic E-state index is 0.387. The Bertz CT molecular complexity index is 468. The number of allylic oxidation sites excluding steroid dienone is 2. The molecule has 2 bridgehead atoms. The molecule has 3 rings (SSSR count). The van der Waals surface area contributed by atoms with Crippen molar-refractivity contribution in [2.75, 3.05) is 13.7 Å². The Morgan fingerprint density at radius 1 is 1.32 bits per heavy atom. The predicted molar refractivity (Wildman–Crippen MR) is 78.3 cm³/mol. The van der Waals surface area contributed by atoms with Crippen LogP contribution in [-0.4, -0.2) is 13.7 Å². The fourth-order valence-corrected chi connectivity index (χ4v) is 3.49. The SMILES string of the molecule is COc1cccc(C(C)NCC2CC3C=CC2C3)c1. The minimum Gasteiger partial charge on any atom is -0.497 e.